The van der Waals surface area contributed by atoms with Crippen LogP contribution >= 0.6 is 0 Å². The molecule has 0 atom stereocenters. The first-order chi connectivity index (χ1) is 16.9. The Labute approximate surface area is 205 Å². The molecule has 10 nitrogen and oxygen atoms in total. The van der Waals surface area contributed by atoms with E-state index in [4.69, 9.17) is 0 Å². The summed E-state index contributed by atoms with van der Waals surface area (Å²) in [7, 11) is 0. The quantitative estimate of drug-likeness (QED) is 0.546. The van der Waals surface area contributed by atoms with Crippen molar-refractivity contribution < 1.29 is 27.9 Å². The Morgan fingerprint density at radius 1 is 1.22 bits per heavy atom. The third-order valence-corrected chi connectivity index (χ3v) is 6.09. The van der Waals surface area contributed by atoms with Crippen LogP contribution in [0.1, 0.15) is 42.6 Å². The fraction of sp³-hybridized carbons (Fsp3) is 0.565. The van der Waals surface area contributed by atoms with Gasteiger partial charge in [-0.2, -0.15) is 22.8 Å². The highest BCUT2D eigenvalue weighted by Gasteiger charge is 2.33. The minimum absolute atomic E-state index is 0.0111. The molecule has 0 spiro atoms. The molecule has 2 fully saturated rings. The number of piperazine rings is 1. The molecule has 1 aliphatic carbocycles. The Morgan fingerprint density at radius 2 is 1.89 bits per heavy atom. The summed E-state index contributed by atoms with van der Waals surface area (Å²) in [5, 5.41) is 17.7. The van der Waals surface area contributed by atoms with Crippen LogP contribution < -0.4 is 10.9 Å². The molecule has 3 heterocycles. The predicted molar refractivity (Wildman–Crippen MR) is 125 cm³/mol. The number of fused-ring (bicyclic) bond motifs is 1. The zero-order valence-corrected chi connectivity index (χ0v) is 20.1. The van der Waals surface area contributed by atoms with Gasteiger partial charge in [-0.1, -0.05) is 13.8 Å². The average Bonchev–Trinajstić information content (AvgIpc) is 3.49. The van der Waals surface area contributed by atoms with Crippen molar-refractivity contribution in [1.82, 2.24) is 29.3 Å². The molecule has 0 bridgehead atoms. The first-order valence-electron chi connectivity index (χ1n) is 11.8. The van der Waals surface area contributed by atoms with Crippen LogP contribution in [0.2, 0.25) is 0 Å². The maximum absolute atomic E-state index is 13.0. The number of hydrogen-bond acceptors (Lipinski definition) is 6. The molecule has 1 aliphatic heterocycles. The number of halogens is 3. The fourth-order valence-corrected chi connectivity index (χ4v) is 4.20. The monoisotopic (exact) mass is 510 g/mol. The molecule has 36 heavy (non-hydrogen) atoms. The average molecular weight is 511 g/mol. The minimum Gasteiger partial charge on any atom is -0.494 e. The van der Waals surface area contributed by atoms with Crippen LogP contribution in [-0.4, -0.2) is 85.8 Å². The third kappa shape index (κ3) is 5.72. The van der Waals surface area contributed by atoms with E-state index in [1.807, 2.05) is 13.8 Å². The maximum atomic E-state index is 13.0. The molecule has 2 aromatic heterocycles. The van der Waals surface area contributed by atoms with Crippen molar-refractivity contribution in [2.75, 3.05) is 32.7 Å². The lowest BCUT2D eigenvalue weighted by Gasteiger charge is -2.34. The number of nitrogens with one attached hydrogen (secondary N) is 1. The first kappa shape index (κ1) is 25.7. The molecular formula is C23H29F3N6O4. The van der Waals surface area contributed by atoms with E-state index < -0.39 is 30.1 Å². The Morgan fingerprint density at radius 3 is 2.47 bits per heavy atom. The van der Waals surface area contributed by atoms with E-state index in [2.05, 4.69) is 10.4 Å². The fourth-order valence-electron chi connectivity index (χ4n) is 4.20. The summed E-state index contributed by atoms with van der Waals surface area (Å²) in [6, 6.07) is -0.0111. The highest BCUT2D eigenvalue weighted by atomic mass is 19.4. The van der Waals surface area contributed by atoms with Gasteiger partial charge in [-0.25, -0.2) is 0 Å². The zero-order valence-electron chi connectivity index (χ0n) is 20.1. The Balaban J connectivity index is 1.59. The Hall–Kier alpha value is -3.35. The van der Waals surface area contributed by atoms with Gasteiger partial charge in [-0.3, -0.25) is 23.9 Å². The Bertz CT molecular complexity index is 1240. The number of nitrogens with zero attached hydrogens (tertiary/aromatic N) is 5. The number of alkyl halides is 3. The van der Waals surface area contributed by atoms with Crippen LogP contribution in [0.3, 0.4) is 0 Å². The number of amides is 2. The predicted octanol–water partition coefficient (Wildman–Crippen LogP) is 1.47. The largest absolute Gasteiger partial charge is 0.494 e. The molecule has 2 N–H and O–H groups in total. The standard InChI is InChI=1S/C23H29F3N6O4/c1-14(2)12-31-20-15(3-6-17(33)30-9-7-29(8-10-30)13-23(24,25)26)11-27-32(20)22(36)18(21(31)35)19(34)28-16-4-5-16/h3,6,11,14,16,35H,4-5,7-10,12-13H2,1-2H3,(H,28,34). The minimum atomic E-state index is -4.29. The summed E-state index contributed by atoms with van der Waals surface area (Å²) in [6.07, 6.45) is 1.43. The molecule has 2 amide bonds. The molecule has 0 aromatic carbocycles. The maximum Gasteiger partial charge on any atom is 0.401 e. The van der Waals surface area contributed by atoms with Gasteiger partial charge in [0.1, 0.15) is 5.65 Å². The van der Waals surface area contributed by atoms with Gasteiger partial charge in [-0.05, 0) is 24.8 Å². The topological polar surface area (TPSA) is 112 Å². The van der Waals surface area contributed by atoms with Gasteiger partial charge in [0, 0.05) is 50.4 Å². The van der Waals surface area contributed by atoms with Crippen molar-refractivity contribution in [3.05, 3.63) is 33.8 Å². The lowest BCUT2D eigenvalue weighted by molar-refractivity contribution is -0.150. The Kier molecular flexibility index (Phi) is 7.12. The number of carbonyl (C=O) groups is 2. The van der Waals surface area contributed by atoms with E-state index in [9.17, 15) is 32.7 Å². The zero-order chi connectivity index (χ0) is 26.2. The summed E-state index contributed by atoms with van der Waals surface area (Å²) < 4.78 is 40.2. The molecule has 1 saturated carbocycles. The van der Waals surface area contributed by atoms with Gasteiger partial charge in [0.2, 0.25) is 11.8 Å². The van der Waals surface area contributed by atoms with Gasteiger partial charge < -0.3 is 15.3 Å². The summed E-state index contributed by atoms with van der Waals surface area (Å²) in [5.74, 6) is -1.47. The number of carbonyl (C=O) groups excluding carboxylic acids is 2. The SMILES string of the molecule is CC(C)Cn1c(O)c(C(=O)NC2CC2)c(=O)n2ncc(C=CC(=O)N3CCN(CC(F)(F)F)CC3)c12. The summed E-state index contributed by atoms with van der Waals surface area (Å²) in [5.41, 5.74) is -0.552. The van der Waals surface area contributed by atoms with Crippen LogP contribution in [-0.2, 0) is 11.3 Å². The van der Waals surface area contributed by atoms with Crippen LogP contribution in [0.5, 0.6) is 5.88 Å². The van der Waals surface area contributed by atoms with Crippen molar-refractivity contribution >= 4 is 23.5 Å². The van der Waals surface area contributed by atoms with Crippen molar-refractivity contribution in [1.29, 1.82) is 0 Å². The number of hydrogen-bond donors (Lipinski definition) is 2. The molecule has 196 valence electrons. The lowest BCUT2D eigenvalue weighted by Crippen LogP contribution is -2.50. The van der Waals surface area contributed by atoms with Crippen LogP contribution in [0, 0.1) is 5.92 Å². The van der Waals surface area contributed by atoms with E-state index in [1.54, 1.807) is 0 Å². The van der Waals surface area contributed by atoms with Gasteiger partial charge in [0.05, 0.1) is 12.7 Å². The van der Waals surface area contributed by atoms with E-state index in [1.165, 1.54) is 32.7 Å². The molecule has 0 unspecified atom stereocenters. The number of aromatic nitrogens is 3. The van der Waals surface area contributed by atoms with E-state index in [0.29, 0.717) is 5.56 Å². The van der Waals surface area contributed by atoms with E-state index in [0.717, 1.165) is 17.4 Å². The number of rotatable bonds is 7. The van der Waals surface area contributed by atoms with Crippen molar-refractivity contribution in [2.24, 2.45) is 5.92 Å². The van der Waals surface area contributed by atoms with Crippen LogP contribution in [0.4, 0.5) is 13.2 Å². The molecule has 0 radical (unpaired) electrons. The molecule has 2 aromatic rings. The van der Waals surface area contributed by atoms with E-state index >= 15 is 0 Å². The van der Waals surface area contributed by atoms with Crippen molar-refractivity contribution in [3.8, 4) is 5.88 Å². The summed E-state index contributed by atoms with van der Waals surface area (Å²) in [6.45, 7) is 3.63. The van der Waals surface area contributed by atoms with Crippen LogP contribution in [0.25, 0.3) is 11.7 Å². The van der Waals surface area contributed by atoms with Crippen LogP contribution in [0.15, 0.2) is 17.1 Å². The molecule has 4 rings (SSSR count). The second-order valence-electron chi connectivity index (χ2n) is 9.64. The highest BCUT2D eigenvalue weighted by Crippen LogP contribution is 2.25. The molecule has 13 heteroatoms. The molecular weight excluding hydrogens is 481 g/mol. The second-order valence-corrected chi connectivity index (χ2v) is 9.64. The van der Waals surface area contributed by atoms with Gasteiger partial charge in [-0.15, -0.1) is 0 Å². The normalized spacial score (nSPS) is 17.4. The summed E-state index contributed by atoms with van der Waals surface area (Å²) in [4.78, 5) is 41.1. The lowest BCUT2D eigenvalue weighted by atomic mass is 10.2. The first-order valence-corrected chi connectivity index (χ1v) is 11.8. The molecule has 1 saturated heterocycles. The highest BCUT2D eigenvalue weighted by molar-refractivity contribution is 5.97. The second kappa shape index (κ2) is 9.96. The number of aromatic hydroxyl groups is 1. The summed E-state index contributed by atoms with van der Waals surface area (Å²) >= 11 is 0. The molecule has 2 aliphatic rings. The van der Waals surface area contributed by atoms with Crippen molar-refractivity contribution in [3.63, 3.8) is 0 Å². The van der Waals surface area contributed by atoms with Gasteiger partial charge in [0.15, 0.2) is 5.56 Å². The third-order valence-electron chi connectivity index (χ3n) is 6.09. The van der Waals surface area contributed by atoms with E-state index in [-0.39, 0.29) is 61.8 Å². The smallest absolute Gasteiger partial charge is 0.401 e. The van der Waals surface area contributed by atoms with Gasteiger partial charge >= 0.3 is 6.18 Å². The van der Waals surface area contributed by atoms with Gasteiger partial charge in [0.25, 0.3) is 11.5 Å². The van der Waals surface area contributed by atoms with Crippen molar-refractivity contribution in [2.45, 2.75) is 45.5 Å².